The fourth-order valence-electron chi connectivity index (χ4n) is 2.17. The van der Waals surface area contributed by atoms with Crippen LogP contribution in [0.4, 0.5) is 4.39 Å². The number of hydrogen-bond acceptors (Lipinski definition) is 5. The van der Waals surface area contributed by atoms with Crippen LogP contribution in [0.3, 0.4) is 0 Å². The van der Waals surface area contributed by atoms with Gasteiger partial charge in [-0.1, -0.05) is 12.1 Å². The van der Waals surface area contributed by atoms with Crippen LogP contribution in [0.15, 0.2) is 24.3 Å². The summed E-state index contributed by atoms with van der Waals surface area (Å²) < 4.78 is 17.7. The van der Waals surface area contributed by atoms with Crippen molar-refractivity contribution in [3.05, 3.63) is 35.6 Å². The summed E-state index contributed by atoms with van der Waals surface area (Å²) >= 11 is 0. The van der Waals surface area contributed by atoms with Gasteiger partial charge in [0.1, 0.15) is 17.9 Å². The molecule has 0 saturated carbocycles. The van der Waals surface area contributed by atoms with Crippen LogP contribution in [-0.2, 0) is 30.3 Å². The van der Waals surface area contributed by atoms with E-state index in [1.807, 2.05) is 0 Å². The second-order valence-corrected chi connectivity index (χ2v) is 5.49. The summed E-state index contributed by atoms with van der Waals surface area (Å²) in [6, 6.07) is 2.74. The first-order valence-corrected chi connectivity index (χ1v) is 7.93. The van der Waals surface area contributed by atoms with Crippen LogP contribution in [0, 0.1) is 5.82 Å². The Balaban J connectivity index is 2.85. The number of amides is 2. The fraction of sp³-hybridized carbons (Fsp3) is 0.412. The van der Waals surface area contributed by atoms with Gasteiger partial charge in [0, 0.05) is 13.3 Å². The van der Waals surface area contributed by atoms with Gasteiger partial charge in [-0.05, 0) is 24.6 Å². The average Bonchev–Trinajstić information content (AvgIpc) is 2.55. The predicted octanol–water partition coefficient (Wildman–Crippen LogP) is 0.395. The van der Waals surface area contributed by atoms with E-state index in [2.05, 4.69) is 15.4 Å². The third kappa shape index (κ3) is 7.29. The lowest BCUT2D eigenvalue weighted by atomic mass is 10.0. The summed E-state index contributed by atoms with van der Waals surface area (Å²) in [7, 11) is 0. The molecule has 3 N–H and O–H groups in total. The molecule has 0 fully saturated rings. The number of carbonyl (C=O) groups is 4. The minimum Gasteiger partial charge on any atom is -0.480 e. The summed E-state index contributed by atoms with van der Waals surface area (Å²) in [6.07, 6.45) is -0.518. The third-order valence-electron chi connectivity index (χ3n) is 3.34. The van der Waals surface area contributed by atoms with Crippen LogP contribution >= 0.6 is 0 Å². The summed E-state index contributed by atoms with van der Waals surface area (Å²) in [4.78, 5) is 46.5. The van der Waals surface area contributed by atoms with E-state index in [0.29, 0.717) is 5.56 Å². The van der Waals surface area contributed by atoms with Crippen LogP contribution in [-0.4, -0.2) is 47.6 Å². The number of carboxylic acids is 1. The maximum Gasteiger partial charge on any atom is 0.326 e. The molecular formula is C17H21FN2O6. The van der Waals surface area contributed by atoms with Gasteiger partial charge in [-0.25, -0.2) is 9.18 Å². The van der Waals surface area contributed by atoms with Crippen molar-refractivity contribution in [1.29, 1.82) is 0 Å². The van der Waals surface area contributed by atoms with Gasteiger partial charge in [0.05, 0.1) is 13.0 Å². The molecule has 26 heavy (non-hydrogen) atoms. The van der Waals surface area contributed by atoms with Crippen molar-refractivity contribution in [2.24, 2.45) is 0 Å². The molecule has 142 valence electrons. The number of carboxylic acid groups (broad SMARTS) is 1. The maximum atomic E-state index is 13.0. The number of carbonyl (C=O) groups excluding carboxylic acids is 3. The Hall–Kier alpha value is -2.97. The molecule has 1 aromatic rings. The summed E-state index contributed by atoms with van der Waals surface area (Å²) in [5, 5.41) is 13.8. The van der Waals surface area contributed by atoms with Gasteiger partial charge in [0.25, 0.3) is 0 Å². The van der Waals surface area contributed by atoms with Crippen LogP contribution in [0.2, 0.25) is 0 Å². The van der Waals surface area contributed by atoms with Gasteiger partial charge in [0.15, 0.2) is 0 Å². The van der Waals surface area contributed by atoms with Crippen LogP contribution in [0.5, 0.6) is 0 Å². The zero-order valence-electron chi connectivity index (χ0n) is 14.5. The predicted molar refractivity (Wildman–Crippen MR) is 88.5 cm³/mol. The molecule has 0 saturated heterocycles. The van der Waals surface area contributed by atoms with Gasteiger partial charge >= 0.3 is 11.9 Å². The normalized spacial score (nSPS) is 12.6. The Morgan fingerprint density at radius 1 is 1.12 bits per heavy atom. The fourth-order valence-corrected chi connectivity index (χ4v) is 2.17. The Bertz CT molecular complexity index is 662. The summed E-state index contributed by atoms with van der Waals surface area (Å²) in [6.45, 7) is 2.86. The lowest BCUT2D eigenvalue weighted by molar-refractivity contribution is -0.150. The van der Waals surface area contributed by atoms with E-state index >= 15 is 0 Å². The topological polar surface area (TPSA) is 122 Å². The maximum absolute atomic E-state index is 13.0. The first-order chi connectivity index (χ1) is 12.2. The Labute approximate surface area is 149 Å². The molecule has 8 nitrogen and oxygen atoms in total. The molecule has 0 spiro atoms. The molecule has 0 aromatic heterocycles. The molecule has 9 heteroatoms. The largest absolute Gasteiger partial charge is 0.480 e. The number of rotatable bonds is 9. The van der Waals surface area contributed by atoms with E-state index < -0.39 is 48.1 Å². The van der Waals surface area contributed by atoms with Crippen molar-refractivity contribution in [2.45, 2.75) is 38.8 Å². The number of ether oxygens (including phenoxy) is 1. The molecule has 0 radical (unpaired) electrons. The highest BCUT2D eigenvalue weighted by atomic mass is 19.1. The molecule has 0 aliphatic carbocycles. The first kappa shape index (κ1) is 21.1. The first-order valence-electron chi connectivity index (χ1n) is 7.93. The van der Waals surface area contributed by atoms with Crippen molar-refractivity contribution in [1.82, 2.24) is 10.6 Å². The number of benzene rings is 1. The highest BCUT2D eigenvalue weighted by Gasteiger charge is 2.28. The molecule has 0 unspecified atom stereocenters. The lowest BCUT2D eigenvalue weighted by Gasteiger charge is -2.20. The van der Waals surface area contributed by atoms with Crippen molar-refractivity contribution in [3.8, 4) is 0 Å². The van der Waals surface area contributed by atoms with Gasteiger partial charge < -0.3 is 20.5 Å². The smallest absolute Gasteiger partial charge is 0.326 e. The summed E-state index contributed by atoms with van der Waals surface area (Å²) in [5.74, 6) is -3.90. The zero-order chi connectivity index (χ0) is 19.7. The highest BCUT2D eigenvalue weighted by molar-refractivity contribution is 5.91. The van der Waals surface area contributed by atoms with E-state index in [1.165, 1.54) is 31.2 Å². The van der Waals surface area contributed by atoms with Gasteiger partial charge in [-0.2, -0.15) is 0 Å². The zero-order valence-corrected chi connectivity index (χ0v) is 14.5. The number of aliphatic carboxylic acids is 1. The SMILES string of the molecule is CCOC(=O)C[C@@H](NC(=O)[C@@H](Cc1ccc(F)cc1)NC(C)=O)C(=O)O. The molecular weight excluding hydrogens is 347 g/mol. The molecule has 2 amide bonds. The monoisotopic (exact) mass is 368 g/mol. The second-order valence-electron chi connectivity index (χ2n) is 5.49. The van der Waals surface area contributed by atoms with Crippen molar-refractivity contribution in [3.63, 3.8) is 0 Å². The van der Waals surface area contributed by atoms with Gasteiger partial charge in [0.2, 0.25) is 11.8 Å². The van der Waals surface area contributed by atoms with Crippen molar-refractivity contribution in [2.75, 3.05) is 6.61 Å². The average molecular weight is 368 g/mol. The van der Waals surface area contributed by atoms with Crippen molar-refractivity contribution >= 4 is 23.8 Å². The number of halogens is 1. The molecule has 1 rings (SSSR count). The van der Waals surface area contributed by atoms with E-state index in [0.717, 1.165) is 0 Å². The molecule has 2 atom stereocenters. The van der Waals surface area contributed by atoms with Crippen LogP contribution < -0.4 is 10.6 Å². The minimum absolute atomic E-state index is 0.0252. The standard InChI is InChI=1S/C17H21FN2O6/c1-3-26-15(22)9-14(17(24)25)20-16(23)13(19-10(2)21)8-11-4-6-12(18)7-5-11/h4-7,13-14H,3,8-9H2,1-2H3,(H,19,21)(H,20,23)(H,24,25)/t13-,14-/m1/s1. The number of esters is 1. The van der Waals surface area contributed by atoms with E-state index in [4.69, 9.17) is 0 Å². The van der Waals surface area contributed by atoms with Crippen LogP contribution in [0.25, 0.3) is 0 Å². The van der Waals surface area contributed by atoms with Gasteiger partial charge in [-0.15, -0.1) is 0 Å². The lowest BCUT2D eigenvalue weighted by Crippen LogP contribution is -2.52. The second kappa shape index (κ2) is 10.1. The Morgan fingerprint density at radius 3 is 2.23 bits per heavy atom. The quantitative estimate of drug-likeness (QED) is 0.542. The van der Waals surface area contributed by atoms with E-state index in [-0.39, 0.29) is 13.0 Å². The highest BCUT2D eigenvalue weighted by Crippen LogP contribution is 2.07. The van der Waals surface area contributed by atoms with E-state index in [1.54, 1.807) is 6.92 Å². The molecule has 1 aromatic carbocycles. The molecule has 0 heterocycles. The molecule has 0 aliphatic rings. The molecule has 0 bridgehead atoms. The number of hydrogen-bond donors (Lipinski definition) is 3. The minimum atomic E-state index is -1.49. The number of nitrogens with one attached hydrogen (secondary N) is 2. The summed E-state index contributed by atoms with van der Waals surface area (Å²) in [5.41, 5.74) is 0.567. The Morgan fingerprint density at radius 2 is 1.73 bits per heavy atom. The van der Waals surface area contributed by atoms with E-state index in [9.17, 15) is 28.7 Å². The van der Waals surface area contributed by atoms with Crippen LogP contribution in [0.1, 0.15) is 25.8 Å². The third-order valence-corrected chi connectivity index (χ3v) is 3.34. The van der Waals surface area contributed by atoms with Gasteiger partial charge in [-0.3, -0.25) is 14.4 Å². The molecule has 0 aliphatic heterocycles. The Kier molecular flexibility index (Phi) is 8.20. The van der Waals surface area contributed by atoms with Crippen molar-refractivity contribution < 1.29 is 33.4 Å².